The third-order valence-electron chi connectivity index (χ3n) is 1.64. The van der Waals surface area contributed by atoms with Crippen LogP contribution in [0.15, 0.2) is 12.3 Å². The largest absolute Gasteiger partial charge is 0.313 e. The first kappa shape index (κ1) is 8.93. The van der Waals surface area contributed by atoms with E-state index >= 15 is 0 Å². The Labute approximate surface area is 71.6 Å². The Balaban J connectivity index is 2.79. The van der Waals surface area contributed by atoms with Crippen molar-refractivity contribution in [2.45, 2.75) is 13.5 Å². The molecule has 0 amide bonds. The van der Waals surface area contributed by atoms with E-state index in [9.17, 15) is 4.79 Å². The Morgan fingerprint density at radius 3 is 3.08 bits per heavy atom. The first-order valence-electron chi connectivity index (χ1n) is 3.99. The van der Waals surface area contributed by atoms with Crippen molar-refractivity contribution >= 4 is 5.78 Å². The lowest BCUT2D eigenvalue weighted by Gasteiger charge is -2.02. The first-order valence-corrected chi connectivity index (χ1v) is 3.99. The zero-order valence-corrected chi connectivity index (χ0v) is 7.37. The molecule has 12 heavy (non-hydrogen) atoms. The van der Waals surface area contributed by atoms with Gasteiger partial charge in [0.05, 0.1) is 6.54 Å². The molecule has 0 spiro atoms. The van der Waals surface area contributed by atoms with Crippen LogP contribution in [-0.2, 0) is 6.54 Å². The topological polar surface area (TPSA) is 46.9 Å². The number of hydrogen-bond donors (Lipinski definition) is 1. The van der Waals surface area contributed by atoms with Gasteiger partial charge in [-0.05, 0) is 20.0 Å². The fourth-order valence-corrected chi connectivity index (χ4v) is 1.07. The van der Waals surface area contributed by atoms with E-state index in [2.05, 4.69) is 10.4 Å². The predicted octanol–water partition coefficient (Wildman–Crippen LogP) is 0.305. The average Bonchev–Trinajstić information content (AvgIpc) is 2.51. The maximum absolute atomic E-state index is 11.4. The summed E-state index contributed by atoms with van der Waals surface area (Å²) in [5.74, 6) is 0.0804. The van der Waals surface area contributed by atoms with Gasteiger partial charge in [0.25, 0.3) is 0 Å². The maximum Gasteiger partial charge on any atom is 0.194 e. The molecular formula is C8H13N3O. The summed E-state index contributed by atoms with van der Waals surface area (Å²) in [7, 11) is 1.75. The average molecular weight is 167 g/mol. The van der Waals surface area contributed by atoms with E-state index in [-0.39, 0.29) is 5.78 Å². The van der Waals surface area contributed by atoms with Crippen molar-refractivity contribution in [2.75, 3.05) is 13.6 Å². The summed E-state index contributed by atoms with van der Waals surface area (Å²) in [6.45, 7) is 3.06. The van der Waals surface area contributed by atoms with Crippen molar-refractivity contribution < 1.29 is 4.79 Å². The summed E-state index contributed by atoms with van der Waals surface area (Å²) < 4.78 is 1.69. The number of rotatable bonds is 4. The lowest BCUT2D eigenvalue weighted by molar-refractivity contribution is 0.0983. The van der Waals surface area contributed by atoms with Crippen LogP contribution in [0, 0.1) is 0 Å². The fourth-order valence-electron chi connectivity index (χ4n) is 1.07. The number of nitrogens with zero attached hydrogens (tertiary/aromatic N) is 2. The van der Waals surface area contributed by atoms with Gasteiger partial charge in [0, 0.05) is 12.7 Å². The smallest absolute Gasteiger partial charge is 0.194 e. The zero-order chi connectivity index (χ0) is 8.97. The maximum atomic E-state index is 11.4. The number of aromatic nitrogens is 2. The van der Waals surface area contributed by atoms with Crippen LogP contribution >= 0.6 is 0 Å². The van der Waals surface area contributed by atoms with Gasteiger partial charge in [-0.15, -0.1) is 0 Å². The molecule has 0 aliphatic heterocycles. The van der Waals surface area contributed by atoms with E-state index < -0.39 is 0 Å². The minimum absolute atomic E-state index is 0.0804. The minimum Gasteiger partial charge on any atom is -0.313 e. The highest BCUT2D eigenvalue weighted by Gasteiger charge is 2.08. The molecule has 0 saturated carbocycles. The molecule has 0 fully saturated rings. The van der Waals surface area contributed by atoms with Gasteiger partial charge in [0.1, 0.15) is 5.69 Å². The van der Waals surface area contributed by atoms with Crippen LogP contribution in [0.25, 0.3) is 0 Å². The molecule has 1 heterocycles. The molecular weight excluding hydrogens is 154 g/mol. The number of Topliss-reactive ketones (excluding diaryl/α,β-unsaturated/α-hetero) is 1. The molecule has 0 radical (unpaired) electrons. The monoisotopic (exact) mass is 167 g/mol. The lowest BCUT2D eigenvalue weighted by Crippen LogP contribution is -2.21. The van der Waals surface area contributed by atoms with Crippen LogP contribution in [0.5, 0.6) is 0 Å². The third-order valence-corrected chi connectivity index (χ3v) is 1.64. The number of likely N-dealkylation sites (N-methyl/N-ethyl adjacent to an activating group) is 1. The van der Waals surface area contributed by atoms with Gasteiger partial charge in [-0.25, -0.2) is 0 Å². The highest BCUT2D eigenvalue weighted by molar-refractivity contribution is 5.95. The van der Waals surface area contributed by atoms with Crippen LogP contribution in [0.2, 0.25) is 0 Å². The molecule has 1 N–H and O–H groups in total. The van der Waals surface area contributed by atoms with E-state index in [1.54, 1.807) is 24.0 Å². The third kappa shape index (κ3) is 1.71. The van der Waals surface area contributed by atoms with Crippen LogP contribution in [-0.4, -0.2) is 29.2 Å². The number of carbonyl (C=O) groups excluding carboxylic acids is 1. The highest BCUT2D eigenvalue weighted by Crippen LogP contribution is 1.98. The summed E-state index contributed by atoms with van der Waals surface area (Å²) >= 11 is 0. The molecule has 1 aromatic rings. The van der Waals surface area contributed by atoms with Crippen molar-refractivity contribution in [3.05, 3.63) is 18.0 Å². The molecule has 0 aliphatic carbocycles. The molecule has 0 saturated heterocycles. The summed E-state index contributed by atoms with van der Waals surface area (Å²) in [4.78, 5) is 11.4. The predicted molar refractivity (Wildman–Crippen MR) is 46.2 cm³/mol. The van der Waals surface area contributed by atoms with E-state index in [1.807, 2.05) is 6.92 Å². The van der Waals surface area contributed by atoms with E-state index in [0.29, 0.717) is 12.2 Å². The second-order valence-electron chi connectivity index (χ2n) is 2.49. The fraction of sp³-hybridized carbons (Fsp3) is 0.500. The lowest BCUT2D eigenvalue weighted by atomic mass is 10.3. The molecule has 0 atom stereocenters. The standard InChI is InChI=1S/C8H13N3O/c1-3-11-7(4-5-10-11)8(12)6-9-2/h4-5,9H,3,6H2,1-2H3. The van der Waals surface area contributed by atoms with Crippen molar-refractivity contribution in [1.29, 1.82) is 0 Å². The van der Waals surface area contributed by atoms with Crippen molar-refractivity contribution in [2.24, 2.45) is 0 Å². The van der Waals surface area contributed by atoms with Gasteiger partial charge in [-0.1, -0.05) is 0 Å². The van der Waals surface area contributed by atoms with Gasteiger partial charge in [-0.2, -0.15) is 5.10 Å². The summed E-state index contributed by atoms with van der Waals surface area (Å²) in [5.41, 5.74) is 0.673. The van der Waals surface area contributed by atoms with Gasteiger partial charge in [-0.3, -0.25) is 9.48 Å². The Morgan fingerprint density at radius 1 is 1.75 bits per heavy atom. The normalized spacial score (nSPS) is 10.2. The molecule has 1 rings (SSSR count). The second kappa shape index (κ2) is 4.01. The van der Waals surface area contributed by atoms with E-state index in [0.717, 1.165) is 6.54 Å². The number of nitrogens with one attached hydrogen (secondary N) is 1. The first-order chi connectivity index (χ1) is 5.79. The molecule has 66 valence electrons. The highest BCUT2D eigenvalue weighted by atomic mass is 16.1. The Morgan fingerprint density at radius 2 is 2.50 bits per heavy atom. The SMILES string of the molecule is CCn1nccc1C(=O)CNC. The quantitative estimate of drug-likeness (QED) is 0.656. The Kier molecular flexibility index (Phi) is 2.99. The molecule has 0 aliphatic rings. The number of aryl methyl sites for hydroxylation is 1. The van der Waals surface area contributed by atoms with Gasteiger partial charge < -0.3 is 5.32 Å². The number of carbonyl (C=O) groups is 1. The molecule has 4 heteroatoms. The summed E-state index contributed by atoms with van der Waals surface area (Å²) in [6, 6.07) is 1.74. The van der Waals surface area contributed by atoms with Crippen LogP contribution in [0.1, 0.15) is 17.4 Å². The summed E-state index contributed by atoms with van der Waals surface area (Å²) in [6.07, 6.45) is 1.65. The van der Waals surface area contributed by atoms with Gasteiger partial charge >= 0.3 is 0 Å². The Bertz CT molecular complexity index is 267. The minimum atomic E-state index is 0.0804. The molecule has 0 aromatic carbocycles. The second-order valence-corrected chi connectivity index (χ2v) is 2.49. The van der Waals surface area contributed by atoms with Crippen LogP contribution < -0.4 is 5.32 Å². The molecule has 0 bridgehead atoms. The van der Waals surface area contributed by atoms with E-state index in [1.165, 1.54) is 0 Å². The van der Waals surface area contributed by atoms with E-state index in [4.69, 9.17) is 0 Å². The van der Waals surface area contributed by atoms with Crippen molar-refractivity contribution in [3.8, 4) is 0 Å². The van der Waals surface area contributed by atoms with Crippen molar-refractivity contribution in [1.82, 2.24) is 15.1 Å². The molecule has 4 nitrogen and oxygen atoms in total. The number of ketones is 1. The van der Waals surface area contributed by atoms with Crippen molar-refractivity contribution in [3.63, 3.8) is 0 Å². The van der Waals surface area contributed by atoms with Gasteiger partial charge in [0.15, 0.2) is 5.78 Å². The summed E-state index contributed by atoms with van der Waals surface area (Å²) in [5, 5.41) is 6.82. The molecule has 0 unspecified atom stereocenters. The zero-order valence-electron chi connectivity index (χ0n) is 7.37. The van der Waals surface area contributed by atoms with Crippen LogP contribution in [0.3, 0.4) is 0 Å². The Hall–Kier alpha value is -1.16. The van der Waals surface area contributed by atoms with Gasteiger partial charge in [0.2, 0.25) is 0 Å². The molecule has 1 aromatic heterocycles. The van der Waals surface area contributed by atoms with Crippen LogP contribution in [0.4, 0.5) is 0 Å². The number of hydrogen-bond acceptors (Lipinski definition) is 3.